The normalized spacial score (nSPS) is 11.6. The highest BCUT2D eigenvalue weighted by Crippen LogP contribution is 2.14. The maximum Gasteiger partial charge on any atom is 0.261 e. The Balaban J connectivity index is 1.99. The van der Waals surface area contributed by atoms with Gasteiger partial charge in [-0.25, -0.2) is 5.43 Å². The smallest absolute Gasteiger partial charge is 0.261 e. The zero-order chi connectivity index (χ0) is 15.8. The number of carbonyl (C=O) groups is 1. The zero-order valence-corrected chi connectivity index (χ0v) is 12.1. The first-order valence-corrected chi connectivity index (χ1v) is 6.66. The highest BCUT2D eigenvalue weighted by molar-refractivity contribution is 5.88. The second kappa shape index (κ2) is 7.60. The molecule has 1 atom stereocenters. The van der Waals surface area contributed by atoms with E-state index in [4.69, 9.17) is 10.00 Å². The van der Waals surface area contributed by atoms with E-state index in [0.717, 1.165) is 11.3 Å². The first-order chi connectivity index (χ1) is 10.7. The fourth-order valence-electron chi connectivity index (χ4n) is 1.85. The van der Waals surface area contributed by atoms with Crippen LogP contribution in [0.1, 0.15) is 17.0 Å². The largest absolute Gasteiger partial charge is 0.497 e. The van der Waals surface area contributed by atoms with Gasteiger partial charge in [0.05, 0.1) is 19.4 Å². The lowest BCUT2D eigenvalue weighted by Gasteiger charge is -2.07. The SMILES string of the molecule is COc1ccc(/C=N\NC(=O)[C@@H](C#N)c2ccccc2)cc1. The number of nitrogens with one attached hydrogen (secondary N) is 1. The minimum absolute atomic E-state index is 0.460. The van der Waals surface area contributed by atoms with Crippen molar-refractivity contribution in [2.24, 2.45) is 5.10 Å². The van der Waals surface area contributed by atoms with Gasteiger partial charge in [0, 0.05) is 0 Å². The molecule has 0 heterocycles. The van der Waals surface area contributed by atoms with Crippen molar-refractivity contribution in [3.8, 4) is 11.8 Å². The number of ether oxygens (including phenoxy) is 1. The highest BCUT2D eigenvalue weighted by atomic mass is 16.5. The van der Waals surface area contributed by atoms with Crippen molar-refractivity contribution in [1.82, 2.24) is 5.43 Å². The quantitative estimate of drug-likeness (QED) is 0.679. The maximum atomic E-state index is 12.0. The van der Waals surface area contributed by atoms with Gasteiger partial charge in [-0.15, -0.1) is 0 Å². The molecule has 2 rings (SSSR count). The van der Waals surface area contributed by atoms with Crippen molar-refractivity contribution in [3.05, 3.63) is 65.7 Å². The minimum Gasteiger partial charge on any atom is -0.497 e. The van der Waals surface area contributed by atoms with E-state index in [2.05, 4.69) is 10.5 Å². The summed E-state index contributed by atoms with van der Waals surface area (Å²) in [5.74, 6) is -0.595. The van der Waals surface area contributed by atoms with Crippen molar-refractivity contribution < 1.29 is 9.53 Å². The zero-order valence-electron chi connectivity index (χ0n) is 12.1. The number of hydrazone groups is 1. The molecule has 0 saturated carbocycles. The predicted octanol–water partition coefficient (Wildman–Crippen LogP) is 2.45. The third-order valence-corrected chi connectivity index (χ3v) is 3.03. The third kappa shape index (κ3) is 3.93. The van der Waals surface area contributed by atoms with Crippen LogP contribution < -0.4 is 10.2 Å². The Morgan fingerprint density at radius 2 is 1.91 bits per heavy atom. The van der Waals surface area contributed by atoms with Gasteiger partial charge in [0.25, 0.3) is 5.91 Å². The Kier molecular flexibility index (Phi) is 5.27. The summed E-state index contributed by atoms with van der Waals surface area (Å²) in [5, 5.41) is 13.0. The first kappa shape index (κ1) is 15.3. The van der Waals surface area contributed by atoms with Crippen molar-refractivity contribution in [3.63, 3.8) is 0 Å². The second-order valence-corrected chi connectivity index (χ2v) is 4.48. The van der Waals surface area contributed by atoms with Crippen molar-refractivity contribution in [2.45, 2.75) is 5.92 Å². The number of hydrogen-bond donors (Lipinski definition) is 1. The molecule has 0 fully saturated rings. The van der Waals surface area contributed by atoms with Crippen LogP contribution in [0.25, 0.3) is 0 Å². The van der Waals surface area contributed by atoms with Gasteiger partial charge in [-0.2, -0.15) is 10.4 Å². The number of amides is 1. The summed E-state index contributed by atoms with van der Waals surface area (Å²) in [6.45, 7) is 0. The van der Waals surface area contributed by atoms with Crippen LogP contribution in [0.3, 0.4) is 0 Å². The number of benzene rings is 2. The lowest BCUT2D eigenvalue weighted by atomic mass is 10.0. The molecule has 0 aromatic heterocycles. The van der Waals surface area contributed by atoms with E-state index in [-0.39, 0.29) is 0 Å². The Labute approximate surface area is 128 Å². The third-order valence-electron chi connectivity index (χ3n) is 3.03. The van der Waals surface area contributed by atoms with E-state index < -0.39 is 11.8 Å². The Morgan fingerprint density at radius 1 is 1.23 bits per heavy atom. The molecule has 5 heteroatoms. The molecule has 0 aliphatic rings. The average molecular weight is 293 g/mol. The van der Waals surface area contributed by atoms with Crippen LogP contribution in [-0.4, -0.2) is 19.2 Å². The van der Waals surface area contributed by atoms with Crippen molar-refractivity contribution >= 4 is 12.1 Å². The molecule has 0 bridgehead atoms. The van der Waals surface area contributed by atoms with E-state index in [1.165, 1.54) is 6.21 Å². The summed E-state index contributed by atoms with van der Waals surface area (Å²) >= 11 is 0. The first-order valence-electron chi connectivity index (χ1n) is 6.66. The van der Waals surface area contributed by atoms with Crippen LogP contribution in [0.5, 0.6) is 5.75 Å². The van der Waals surface area contributed by atoms with Gasteiger partial charge in [0.15, 0.2) is 5.92 Å². The molecule has 1 amide bonds. The van der Waals surface area contributed by atoms with Gasteiger partial charge < -0.3 is 4.74 Å². The molecular weight excluding hydrogens is 278 g/mol. The summed E-state index contributed by atoms with van der Waals surface area (Å²) in [6.07, 6.45) is 1.51. The van der Waals surface area contributed by atoms with Crippen LogP contribution in [-0.2, 0) is 4.79 Å². The van der Waals surface area contributed by atoms with Crippen LogP contribution in [0, 0.1) is 11.3 Å². The molecule has 2 aromatic carbocycles. The predicted molar refractivity (Wildman–Crippen MR) is 83.5 cm³/mol. The van der Waals surface area contributed by atoms with Crippen LogP contribution >= 0.6 is 0 Å². The van der Waals surface area contributed by atoms with Crippen LogP contribution in [0.4, 0.5) is 0 Å². The number of carbonyl (C=O) groups excluding carboxylic acids is 1. The molecule has 0 aliphatic carbocycles. The molecule has 0 aliphatic heterocycles. The van der Waals surface area contributed by atoms with E-state index in [1.807, 2.05) is 24.3 Å². The number of methoxy groups -OCH3 is 1. The number of nitrogens with zero attached hydrogens (tertiary/aromatic N) is 2. The molecule has 0 spiro atoms. The summed E-state index contributed by atoms with van der Waals surface area (Å²) < 4.78 is 5.06. The molecule has 1 N–H and O–H groups in total. The Bertz CT molecular complexity index is 688. The molecule has 0 unspecified atom stereocenters. The lowest BCUT2D eigenvalue weighted by Crippen LogP contribution is -2.24. The van der Waals surface area contributed by atoms with Crippen molar-refractivity contribution in [2.75, 3.05) is 7.11 Å². The molecule has 0 radical (unpaired) electrons. The van der Waals surface area contributed by atoms with Gasteiger partial charge in [0.2, 0.25) is 0 Å². The monoisotopic (exact) mass is 293 g/mol. The van der Waals surface area contributed by atoms with Gasteiger partial charge in [-0.1, -0.05) is 30.3 Å². The molecular formula is C17H15N3O2. The van der Waals surface area contributed by atoms with Gasteiger partial charge in [-0.05, 0) is 35.4 Å². The molecule has 110 valence electrons. The van der Waals surface area contributed by atoms with E-state index >= 15 is 0 Å². The summed E-state index contributed by atoms with van der Waals surface area (Å²) in [5.41, 5.74) is 3.84. The fraction of sp³-hybridized carbons (Fsp3) is 0.118. The number of hydrogen-bond acceptors (Lipinski definition) is 4. The Morgan fingerprint density at radius 3 is 2.50 bits per heavy atom. The molecule has 0 saturated heterocycles. The van der Waals surface area contributed by atoms with E-state index in [1.54, 1.807) is 43.5 Å². The maximum absolute atomic E-state index is 12.0. The van der Waals surface area contributed by atoms with Gasteiger partial charge in [-0.3, -0.25) is 4.79 Å². The summed E-state index contributed by atoms with van der Waals surface area (Å²) in [6, 6.07) is 18.1. The molecule has 5 nitrogen and oxygen atoms in total. The van der Waals surface area contributed by atoms with Crippen molar-refractivity contribution in [1.29, 1.82) is 5.26 Å². The lowest BCUT2D eigenvalue weighted by molar-refractivity contribution is -0.121. The second-order valence-electron chi connectivity index (χ2n) is 4.48. The summed E-state index contributed by atoms with van der Waals surface area (Å²) in [4.78, 5) is 12.0. The summed E-state index contributed by atoms with van der Waals surface area (Å²) in [7, 11) is 1.59. The van der Waals surface area contributed by atoms with Crippen LogP contribution in [0.2, 0.25) is 0 Å². The van der Waals surface area contributed by atoms with Gasteiger partial charge in [0.1, 0.15) is 5.75 Å². The molecule has 22 heavy (non-hydrogen) atoms. The van der Waals surface area contributed by atoms with E-state index in [9.17, 15) is 4.79 Å². The fourth-order valence-corrected chi connectivity index (χ4v) is 1.85. The van der Waals surface area contributed by atoms with Crippen LogP contribution in [0.15, 0.2) is 59.7 Å². The topological polar surface area (TPSA) is 74.5 Å². The highest BCUT2D eigenvalue weighted by Gasteiger charge is 2.19. The Hall–Kier alpha value is -3.13. The molecule has 2 aromatic rings. The minimum atomic E-state index is -0.880. The standard InChI is InChI=1S/C17H15N3O2/c1-22-15-9-7-13(8-10-15)12-19-20-17(21)16(11-18)14-5-3-2-4-6-14/h2-10,12,16H,1H3,(H,20,21)/b19-12-/t16-/m0/s1. The number of nitriles is 1. The van der Waals surface area contributed by atoms with Gasteiger partial charge >= 0.3 is 0 Å². The van der Waals surface area contributed by atoms with E-state index in [0.29, 0.717) is 5.56 Å². The number of rotatable bonds is 5. The average Bonchev–Trinajstić information content (AvgIpc) is 2.57.